The highest BCUT2D eigenvalue weighted by Gasteiger charge is 2.04. The molecule has 2 aromatic carbocycles. The summed E-state index contributed by atoms with van der Waals surface area (Å²) in [6.45, 7) is 4.19. The van der Waals surface area contributed by atoms with Crippen LogP contribution in [0.15, 0.2) is 47.5 Å². The summed E-state index contributed by atoms with van der Waals surface area (Å²) in [7, 11) is 0. The van der Waals surface area contributed by atoms with E-state index in [1.165, 1.54) is 0 Å². The Labute approximate surface area is 112 Å². The van der Waals surface area contributed by atoms with Crippen LogP contribution in [0.1, 0.15) is 30.9 Å². The second kappa shape index (κ2) is 5.57. The zero-order valence-corrected chi connectivity index (χ0v) is 11.0. The number of nitrogens with zero attached hydrogens (tertiary/aromatic N) is 1. The van der Waals surface area contributed by atoms with Crippen LogP contribution >= 0.6 is 0 Å². The monoisotopic (exact) mass is 255 g/mol. The van der Waals surface area contributed by atoms with E-state index in [0.717, 1.165) is 5.56 Å². The average Bonchev–Trinajstić information content (AvgIpc) is 2.39. The van der Waals surface area contributed by atoms with E-state index >= 15 is 0 Å². The number of phenols is 2. The molecule has 2 N–H and O–H groups in total. The first-order valence-corrected chi connectivity index (χ1v) is 6.23. The van der Waals surface area contributed by atoms with E-state index in [9.17, 15) is 10.2 Å². The zero-order chi connectivity index (χ0) is 13.8. The molecule has 0 radical (unpaired) electrons. The second-order valence-electron chi connectivity index (χ2n) is 4.72. The van der Waals surface area contributed by atoms with Crippen LogP contribution in [0, 0.1) is 0 Å². The summed E-state index contributed by atoms with van der Waals surface area (Å²) in [4.78, 5) is 4.20. The smallest absolute Gasteiger partial charge is 0.141 e. The molecule has 0 saturated carbocycles. The van der Waals surface area contributed by atoms with Gasteiger partial charge in [0.15, 0.2) is 0 Å². The fourth-order valence-electron chi connectivity index (χ4n) is 1.75. The van der Waals surface area contributed by atoms with Gasteiger partial charge in [0.25, 0.3) is 0 Å². The second-order valence-corrected chi connectivity index (χ2v) is 4.72. The number of aromatic hydroxyl groups is 2. The van der Waals surface area contributed by atoms with Crippen molar-refractivity contribution >= 4 is 11.9 Å². The van der Waals surface area contributed by atoms with Crippen molar-refractivity contribution in [1.82, 2.24) is 0 Å². The third kappa shape index (κ3) is 3.13. The fourth-order valence-corrected chi connectivity index (χ4v) is 1.75. The quantitative estimate of drug-likeness (QED) is 0.815. The van der Waals surface area contributed by atoms with Crippen molar-refractivity contribution in [1.29, 1.82) is 0 Å². The van der Waals surface area contributed by atoms with E-state index < -0.39 is 0 Å². The lowest BCUT2D eigenvalue weighted by molar-refractivity contribution is 0.473. The topological polar surface area (TPSA) is 52.8 Å². The van der Waals surface area contributed by atoms with Gasteiger partial charge in [-0.15, -0.1) is 0 Å². The number of hydrogen-bond donors (Lipinski definition) is 2. The predicted molar refractivity (Wildman–Crippen MR) is 77.6 cm³/mol. The van der Waals surface area contributed by atoms with E-state index in [0.29, 0.717) is 17.2 Å². The average molecular weight is 255 g/mol. The summed E-state index contributed by atoms with van der Waals surface area (Å²) in [6, 6.07) is 12.3. The molecular formula is C16H17NO2. The van der Waals surface area contributed by atoms with Crippen LogP contribution in [0.25, 0.3) is 0 Å². The maximum absolute atomic E-state index is 9.81. The molecule has 0 unspecified atom stereocenters. The van der Waals surface area contributed by atoms with Crippen LogP contribution in [0.4, 0.5) is 5.69 Å². The number of phenolic OH excluding ortho intramolecular Hbond substituents is 2. The largest absolute Gasteiger partial charge is 0.507 e. The van der Waals surface area contributed by atoms with Gasteiger partial charge in [-0.05, 0) is 35.7 Å². The zero-order valence-electron chi connectivity index (χ0n) is 11.0. The normalized spacial score (nSPS) is 11.3. The Bertz CT molecular complexity index is 603. The minimum absolute atomic E-state index is 0.123. The number of aliphatic imine (C=N–C) groups is 1. The predicted octanol–water partition coefficient (Wildman–Crippen LogP) is 3.97. The Morgan fingerprint density at radius 3 is 2.42 bits per heavy atom. The van der Waals surface area contributed by atoms with Gasteiger partial charge in [0.1, 0.15) is 17.2 Å². The van der Waals surface area contributed by atoms with Crippen LogP contribution in [0.5, 0.6) is 11.5 Å². The van der Waals surface area contributed by atoms with Crippen molar-refractivity contribution in [2.24, 2.45) is 4.99 Å². The molecule has 2 rings (SSSR count). The molecule has 0 spiro atoms. The first-order chi connectivity index (χ1) is 9.08. The van der Waals surface area contributed by atoms with Gasteiger partial charge in [0.2, 0.25) is 0 Å². The van der Waals surface area contributed by atoms with E-state index in [1.54, 1.807) is 36.5 Å². The summed E-state index contributed by atoms with van der Waals surface area (Å²) >= 11 is 0. The summed E-state index contributed by atoms with van der Waals surface area (Å²) in [5.41, 5.74) is 2.27. The number of benzene rings is 2. The van der Waals surface area contributed by atoms with Crippen molar-refractivity contribution in [2.75, 3.05) is 0 Å². The lowest BCUT2D eigenvalue weighted by Crippen LogP contribution is -1.90. The lowest BCUT2D eigenvalue weighted by Gasteiger charge is -2.07. The maximum Gasteiger partial charge on any atom is 0.141 e. The molecule has 0 aromatic heterocycles. The molecule has 3 heteroatoms. The van der Waals surface area contributed by atoms with Crippen LogP contribution in [0.3, 0.4) is 0 Å². The first-order valence-electron chi connectivity index (χ1n) is 6.23. The summed E-state index contributed by atoms with van der Waals surface area (Å²) in [5, 5.41) is 19.4. The Kier molecular flexibility index (Phi) is 3.85. The molecule has 0 aliphatic carbocycles. The Hall–Kier alpha value is -2.29. The van der Waals surface area contributed by atoms with E-state index in [-0.39, 0.29) is 11.5 Å². The molecule has 0 atom stereocenters. The van der Waals surface area contributed by atoms with Crippen molar-refractivity contribution in [3.63, 3.8) is 0 Å². The van der Waals surface area contributed by atoms with Crippen molar-refractivity contribution in [3.8, 4) is 11.5 Å². The molecule has 0 heterocycles. The van der Waals surface area contributed by atoms with E-state index in [1.807, 2.05) is 12.1 Å². The van der Waals surface area contributed by atoms with Gasteiger partial charge in [-0.25, -0.2) is 0 Å². The van der Waals surface area contributed by atoms with Crippen molar-refractivity contribution in [3.05, 3.63) is 53.6 Å². The van der Waals surface area contributed by atoms with Gasteiger partial charge in [0, 0.05) is 11.8 Å². The Balaban J connectivity index is 2.33. The van der Waals surface area contributed by atoms with Gasteiger partial charge in [0.05, 0.1) is 0 Å². The summed E-state index contributed by atoms with van der Waals surface area (Å²) in [6.07, 6.45) is 1.57. The Morgan fingerprint density at radius 1 is 1.00 bits per heavy atom. The molecule has 19 heavy (non-hydrogen) atoms. The van der Waals surface area contributed by atoms with Gasteiger partial charge in [-0.1, -0.05) is 32.0 Å². The minimum Gasteiger partial charge on any atom is -0.507 e. The van der Waals surface area contributed by atoms with Crippen molar-refractivity contribution in [2.45, 2.75) is 19.8 Å². The highest BCUT2D eigenvalue weighted by Crippen LogP contribution is 2.26. The SMILES string of the molecule is CC(C)c1ccc(O)c(C=Nc2ccccc2O)c1. The number of para-hydroxylation sites is 2. The fraction of sp³-hybridized carbons (Fsp3) is 0.188. The number of hydrogen-bond acceptors (Lipinski definition) is 3. The molecule has 0 saturated heterocycles. The summed E-state index contributed by atoms with van der Waals surface area (Å²) < 4.78 is 0. The molecule has 0 amide bonds. The maximum atomic E-state index is 9.81. The standard InChI is InChI=1S/C16H17NO2/c1-11(2)12-7-8-15(18)13(9-12)10-17-14-5-3-4-6-16(14)19/h3-11,18-19H,1-2H3. The highest BCUT2D eigenvalue weighted by molar-refractivity contribution is 5.86. The number of rotatable bonds is 3. The Morgan fingerprint density at radius 2 is 1.74 bits per heavy atom. The van der Waals surface area contributed by atoms with Gasteiger partial charge < -0.3 is 10.2 Å². The minimum atomic E-state index is 0.123. The van der Waals surface area contributed by atoms with Crippen LogP contribution in [-0.2, 0) is 0 Å². The molecule has 0 aliphatic rings. The van der Waals surface area contributed by atoms with Crippen LogP contribution in [0.2, 0.25) is 0 Å². The van der Waals surface area contributed by atoms with E-state index in [2.05, 4.69) is 18.8 Å². The lowest BCUT2D eigenvalue weighted by atomic mass is 10.0. The molecular weight excluding hydrogens is 238 g/mol. The van der Waals surface area contributed by atoms with Crippen LogP contribution < -0.4 is 0 Å². The van der Waals surface area contributed by atoms with E-state index in [4.69, 9.17) is 0 Å². The molecule has 2 aromatic rings. The molecule has 98 valence electrons. The van der Waals surface area contributed by atoms with Gasteiger partial charge >= 0.3 is 0 Å². The molecule has 0 bridgehead atoms. The first kappa shape index (κ1) is 13.1. The van der Waals surface area contributed by atoms with Gasteiger partial charge in [-0.2, -0.15) is 0 Å². The molecule has 3 nitrogen and oxygen atoms in total. The van der Waals surface area contributed by atoms with Crippen LogP contribution in [-0.4, -0.2) is 16.4 Å². The highest BCUT2D eigenvalue weighted by atomic mass is 16.3. The van der Waals surface area contributed by atoms with Crippen molar-refractivity contribution < 1.29 is 10.2 Å². The third-order valence-electron chi connectivity index (χ3n) is 2.94. The molecule has 0 fully saturated rings. The molecule has 0 aliphatic heterocycles. The summed E-state index contributed by atoms with van der Waals surface area (Å²) in [5.74, 6) is 0.694. The van der Waals surface area contributed by atoms with Gasteiger partial charge in [-0.3, -0.25) is 4.99 Å². The third-order valence-corrected chi connectivity index (χ3v) is 2.94.